The molecule has 0 N–H and O–H groups in total. The van der Waals surface area contributed by atoms with E-state index in [9.17, 15) is 9.59 Å². The second-order valence-corrected chi connectivity index (χ2v) is 5.32. The zero-order chi connectivity index (χ0) is 12.0. The second kappa shape index (κ2) is 3.91. The summed E-state index contributed by atoms with van der Waals surface area (Å²) in [5, 5.41) is 0. The van der Waals surface area contributed by atoms with Crippen LogP contribution in [0.2, 0.25) is 0 Å². The van der Waals surface area contributed by atoms with Crippen LogP contribution in [0.5, 0.6) is 0 Å². The third kappa shape index (κ3) is 1.52. The third-order valence-corrected chi connectivity index (χ3v) is 4.16. The van der Waals surface area contributed by atoms with E-state index in [-0.39, 0.29) is 23.7 Å². The molecule has 1 aliphatic heterocycles. The van der Waals surface area contributed by atoms with Crippen LogP contribution in [-0.2, 0) is 9.59 Å². The van der Waals surface area contributed by atoms with Gasteiger partial charge in [0.2, 0.25) is 11.8 Å². The van der Waals surface area contributed by atoms with Crippen molar-refractivity contribution >= 4 is 33.6 Å². The molecule has 1 saturated heterocycles. The number of nitrogens with zero attached hydrogens (tertiary/aromatic N) is 2. The van der Waals surface area contributed by atoms with E-state index in [4.69, 9.17) is 0 Å². The van der Waals surface area contributed by atoms with Crippen LogP contribution in [0, 0.1) is 11.8 Å². The molecule has 5 heteroatoms. The first-order valence-corrected chi connectivity index (χ1v) is 6.48. The van der Waals surface area contributed by atoms with Crippen LogP contribution in [0.1, 0.15) is 19.3 Å². The van der Waals surface area contributed by atoms with Gasteiger partial charge in [0.25, 0.3) is 0 Å². The van der Waals surface area contributed by atoms with E-state index >= 15 is 0 Å². The summed E-state index contributed by atoms with van der Waals surface area (Å²) in [5.41, 5.74) is 0. The minimum atomic E-state index is -0.114. The number of rotatable bonds is 1. The summed E-state index contributed by atoms with van der Waals surface area (Å²) in [5.74, 6) is 0.0264. The molecule has 0 bridgehead atoms. The number of imide groups is 1. The fraction of sp³-hybridized carbons (Fsp3) is 0.417. The lowest BCUT2D eigenvalue weighted by Crippen LogP contribution is -2.32. The Morgan fingerprint density at radius 3 is 2.47 bits per heavy atom. The number of hydrogen-bond acceptors (Lipinski definition) is 3. The lowest BCUT2D eigenvalue weighted by Gasteiger charge is -2.15. The molecule has 1 aromatic heterocycles. The van der Waals surface area contributed by atoms with Crippen molar-refractivity contribution in [2.45, 2.75) is 19.3 Å². The van der Waals surface area contributed by atoms with Gasteiger partial charge in [-0.2, -0.15) is 0 Å². The number of amides is 2. The standard InChI is InChI=1S/C12H11BrN2O2/c13-9-5-2-6-14-10(9)15-11(16)7-3-1-4-8(7)12(15)17/h2,5-8H,1,3-4H2. The molecule has 1 saturated carbocycles. The van der Waals surface area contributed by atoms with Crippen LogP contribution in [0.25, 0.3) is 0 Å². The van der Waals surface area contributed by atoms with Gasteiger partial charge in [-0.1, -0.05) is 6.42 Å². The van der Waals surface area contributed by atoms with Gasteiger partial charge < -0.3 is 0 Å². The largest absolute Gasteiger partial charge is 0.274 e. The molecule has 4 nitrogen and oxygen atoms in total. The van der Waals surface area contributed by atoms with E-state index in [1.807, 2.05) is 0 Å². The molecule has 2 aliphatic rings. The number of halogens is 1. The summed E-state index contributed by atoms with van der Waals surface area (Å²) >= 11 is 3.33. The van der Waals surface area contributed by atoms with E-state index in [0.717, 1.165) is 19.3 Å². The fourth-order valence-electron chi connectivity index (χ4n) is 2.74. The Kier molecular flexibility index (Phi) is 2.50. The summed E-state index contributed by atoms with van der Waals surface area (Å²) < 4.78 is 0.682. The molecule has 88 valence electrons. The molecule has 1 aromatic rings. The number of pyridine rings is 1. The Bertz CT molecular complexity index is 481. The predicted molar refractivity (Wildman–Crippen MR) is 65.3 cm³/mol. The average molecular weight is 295 g/mol. The first kappa shape index (κ1) is 10.9. The Hall–Kier alpha value is -1.23. The molecule has 2 unspecified atom stereocenters. The van der Waals surface area contributed by atoms with E-state index < -0.39 is 0 Å². The van der Waals surface area contributed by atoms with Crippen molar-refractivity contribution in [3.63, 3.8) is 0 Å². The minimum absolute atomic E-state index is 0.0862. The van der Waals surface area contributed by atoms with Crippen molar-refractivity contribution < 1.29 is 9.59 Å². The highest BCUT2D eigenvalue weighted by molar-refractivity contribution is 9.10. The SMILES string of the molecule is O=C1C2CCCC2C(=O)N1c1ncccc1Br. The Balaban J connectivity index is 2.03. The molecule has 0 radical (unpaired) electrons. The van der Waals surface area contributed by atoms with Crippen molar-refractivity contribution in [1.82, 2.24) is 4.98 Å². The van der Waals surface area contributed by atoms with Crippen LogP contribution in [-0.4, -0.2) is 16.8 Å². The van der Waals surface area contributed by atoms with Crippen LogP contribution in [0.3, 0.4) is 0 Å². The summed E-state index contributed by atoms with van der Waals surface area (Å²) in [7, 11) is 0. The molecule has 0 aromatic carbocycles. The Labute approximate surface area is 107 Å². The number of fused-ring (bicyclic) bond motifs is 1. The predicted octanol–water partition coefficient (Wildman–Crippen LogP) is 2.13. The number of hydrogen-bond donors (Lipinski definition) is 0. The monoisotopic (exact) mass is 294 g/mol. The topological polar surface area (TPSA) is 50.3 Å². The maximum absolute atomic E-state index is 12.2. The molecular weight excluding hydrogens is 284 g/mol. The van der Waals surface area contributed by atoms with Gasteiger partial charge in [-0.05, 0) is 40.9 Å². The van der Waals surface area contributed by atoms with E-state index in [0.29, 0.717) is 10.3 Å². The van der Waals surface area contributed by atoms with Crippen molar-refractivity contribution in [3.05, 3.63) is 22.8 Å². The number of carbonyl (C=O) groups is 2. The number of aromatic nitrogens is 1. The highest BCUT2D eigenvalue weighted by Crippen LogP contribution is 2.42. The molecule has 2 fully saturated rings. The first-order chi connectivity index (χ1) is 8.20. The second-order valence-electron chi connectivity index (χ2n) is 4.46. The highest BCUT2D eigenvalue weighted by atomic mass is 79.9. The van der Waals surface area contributed by atoms with Crippen LogP contribution >= 0.6 is 15.9 Å². The van der Waals surface area contributed by atoms with Crippen molar-refractivity contribution in [1.29, 1.82) is 0 Å². The molecule has 3 rings (SSSR count). The number of carbonyl (C=O) groups excluding carboxylic acids is 2. The van der Waals surface area contributed by atoms with Gasteiger partial charge in [0.1, 0.15) is 0 Å². The Morgan fingerprint density at radius 1 is 1.24 bits per heavy atom. The lowest BCUT2D eigenvalue weighted by atomic mass is 10.00. The van der Waals surface area contributed by atoms with Gasteiger partial charge in [0.15, 0.2) is 5.82 Å². The molecule has 0 spiro atoms. The van der Waals surface area contributed by atoms with Gasteiger partial charge in [-0.3, -0.25) is 9.59 Å². The van der Waals surface area contributed by atoms with Crippen LogP contribution in [0.15, 0.2) is 22.8 Å². The zero-order valence-electron chi connectivity index (χ0n) is 9.10. The van der Waals surface area contributed by atoms with Crippen LogP contribution < -0.4 is 4.90 Å². The van der Waals surface area contributed by atoms with Gasteiger partial charge in [0, 0.05) is 6.20 Å². The number of anilines is 1. The van der Waals surface area contributed by atoms with Crippen molar-refractivity contribution in [3.8, 4) is 0 Å². The van der Waals surface area contributed by atoms with Gasteiger partial charge in [-0.25, -0.2) is 9.88 Å². The van der Waals surface area contributed by atoms with Gasteiger partial charge in [0.05, 0.1) is 16.3 Å². The summed E-state index contributed by atoms with van der Waals surface area (Å²) in [6.45, 7) is 0. The lowest BCUT2D eigenvalue weighted by molar-refractivity contribution is -0.122. The highest BCUT2D eigenvalue weighted by Gasteiger charge is 2.51. The van der Waals surface area contributed by atoms with E-state index in [1.54, 1.807) is 18.3 Å². The molecular formula is C12H11BrN2O2. The fourth-order valence-corrected chi connectivity index (χ4v) is 3.17. The average Bonchev–Trinajstić information content (AvgIpc) is 2.87. The molecule has 1 aliphatic carbocycles. The maximum atomic E-state index is 12.2. The molecule has 17 heavy (non-hydrogen) atoms. The third-order valence-electron chi connectivity index (χ3n) is 3.54. The van der Waals surface area contributed by atoms with E-state index in [2.05, 4.69) is 20.9 Å². The van der Waals surface area contributed by atoms with Crippen molar-refractivity contribution in [2.75, 3.05) is 4.90 Å². The maximum Gasteiger partial charge on any atom is 0.238 e. The summed E-state index contributed by atoms with van der Waals surface area (Å²) in [6, 6.07) is 3.55. The summed E-state index contributed by atoms with van der Waals surface area (Å²) in [4.78, 5) is 29.8. The first-order valence-electron chi connectivity index (χ1n) is 5.68. The zero-order valence-corrected chi connectivity index (χ0v) is 10.7. The van der Waals surface area contributed by atoms with Crippen molar-refractivity contribution in [2.24, 2.45) is 11.8 Å². The summed E-state index contributed by atoms with van der Waals surface area (Å²) in [6.07, 6.45) is 4.23. The van der Waals surface area contributed by atoms with E-state index in [1.165, 1.54) is 4.90 Å². The van der Waals surface area contributed by atoms with Crippen LogP contribution in [0.4, 0.5) is 5.82 Å². The Morgan fingerprint density at radius 2 is 1.88 bits per heavy atom. The molecule has 2 amide bonds. The molecule has 2 heterocycles. The molecule has 2 atom stereocenters. The normalized spacial score (nSPS) is 27.7. The minimum Gasteiger partial charge on any atom is -0.274 e. The van der Waals surface area contributed by atoms with Gasteiger partial charge in [-0.15, -0.1) is 0 Å². The van der Waals surface area contributed by atoms with Gasteiger partial charge >= 0.3 is 0 Å². The quantitative estimate of drug-likeness (QED) is 0.746. The smallest absolute Gasteiger partial charge is 0.238 e.